The van der Waals surface area contributed by atoms with Crippen LogP contribution in [0.25, 0.3) is 83.4 Å². The molecule has 0 saturated carbocycles. The lowest BCUT2D eigenvalue weighted by molar-refractivity contribution is 1.18. The van der Waals surface area contributed by atoms with Crippen LogP contribution in [0, 0.1) is 0 Å². The van der Waals surface area contributed by atoms with Gasteiger partial charge in [0, 0.05) is 27.6 Å². The maximum absolute atomic E-state index is 5.23. The summed E-state index contributed by atoms with van der Waals surface area (Å²) in [6.45, 7) is 0. The van der Waals surface area contributed by atoms with Gasteiger partial charge in [0.2, 0.25) is 0 Å². The number of aromatic nitrogens is 2. The first-order chi connectivity index (χ1) is 24.3. The third kappa shape index (κ3) is 5.40. The van der Waals surface area contributed by atoms with Crippen LogP contribution in [0.15, 0.2) is 194 Å². The van der Waals surface area contributed by atoms with Crippen LogP contribution in [0.4, 0.5) is 0 Å². The van der Waals surface area contributed by atoms with Gasteiger partial charge >= 0.3 is 0 Å². The molecule has 2 heterocycles. The molecule has 9 rings (SSSR count). The molecule has 230 valence electrons. The van der Waals surface area contributed by atoms with Crippen LogP contribution < -0.4 is 0 Å². The van der Waals surface area contributed by atoms with E-state index in [1.807, 2.05) is 6.07 Å². The Morgan fingerprint density at radius 3 is 1.22 bits per heavy atom. The van der Waals surface area contributed by atoms with E-state index in [1.54, 1.807) is 0 Å². The Labute approximate surface area is 286 Å². The van der Waals surface area contributed by atoms with Crippen molar-refractivity contribution in [1.29, 1.82) is 0 Å². The van der Waals surface area contributed by atoms with Crippen molar-refractivity contribution < 1.29 is 0 Å². The van der Waals surface area contributed by atoms with E-state index in [0.29, 0.717) is 0 Å². The quantitative estimate of drug-likeness (QED) is 0.180. The number of benzene rings is 7. The van der Waals surface area contributed by atoms with E-state index >= 15 is 0 Å². The summed E-state index contributed by atoms with van der Waals surface area (Å²) in [5.74, 6) is 0. The van der Waals surface area contributed by atoms with Gasteiger partial charge in [-0.15, -0.1) is 0 Å². The number of rotatable bonds is 6. The van der Waals surface area contributed by atoms with Gasteiger partial charge in [-0.1, -0.05) is 146 Å². The summed E-state index contributed by atoms with van der Waals surface area (Å²) in [6, 6.07) is 69.2. The van der Waals surface area contributed by atoms with E-state index in [2.05, 4.69) is 193 Å². The number of pyridine rings is 1. The summed E-state index contributed by atoms with van der Waals surface area (Å²) in [5.41, 5.74) is 14.7. The zero-order valence-corrected chi connectivity index (χ0v) is 26.9. The zero-order chi connectivity index (χ0) is 32.6. The Balaban J connectivity index is 1.24. The van der Waals surface area contributed by atoms with E-state index in [-0.39, 0.29) is 0 Å². The summed E-state index contributed by atoms with van der Waals surface area (Å²) in [4.78, 5) is 5.23. The molecule has 2 nitrogen and oxygen atoms in total. The third-order valence-electron chi connectivity index (χ3n) is 9.38. The van der Waals surface area contributed by atoms with E-state index in [1.165, 1.54) is 49.6 Å². The van der Waals surface area contributed by atoms with Crippen molar-refractivity contribution in [3.05, 3.63) is 194 Å². The highest BCUT2D eigenvalue weighted by atomic mass is 15.0. The topological polar surface area (TPSA) is 17.8 Å². The molecule has 0 radical (unpaired) electrons. The lowest BCUT2D eigenvalue weighted by atomic mass is 10.00. The molecule has 7 aromatic carbocycles. The van der Waals surface area contributed by atoms with Gasteiger partial charge in [0.15, 0.2) is 0 Å². The van der Waals surface area contributed by atoms with Crippen LogP contribution >= 0.6 is 0 Å². The lowest BCUT2D eigenvalue weighted by Crippen LogP contribution is -1.96. The SMILES string of the molecule is c1ccc(-c2cc(-c3ccccc3)nc(-c3cccc(-n4c5ccc(-c6ccccc6)cc5c5cc(-c6ccccc6)ccc54)c3)c2)cc1. The molecule has 9 aromatic rings. The fourth-order valence-corrected chi connectivity index (χ4v) is 6.96. The normalized spacial score (nSPS) is 11.3. The molecule has 2 heteroatoms. The van der Waals surface area contributed by atoms with Gasteiger partial charge in [-0.05, 0) is 81.9 Å². The highest BCUT2D eigenvalue weighted by Crippen LogP contribution is 2.38. The van der Waals surface area contributed by atoms with Crippen molar-refractivity contribution in [2.75, 3.05) is 0 Å². The van der Waals surface area contributed by atoms with Gasteiger partial charge in [0.05, 0.1) is 22.4 Å². The summed E-state index contributed by atoms with van der Waals surface area (Å²) in [7, 11) is 0. The van der Waals surface area contributed by atoms with Crippen LogP contribution in [0.5, 0.6) is 0 Å². The molecule has 2 aromatic heterocycles. The molecular weight excluding hydrogens is 593 g/mol. The van der Waals surface area contributed by atoms with Crippen LogP contribution in [0.1, 0.15) is 0 Å². The van der Waals surface area contributed by atoms with Crippen molar-refractivity contribution >= 4 is 21.8 Å². The van der Waals surface area contributed by atoms with E-state index in [4.69, 9.17) is 4.98 Å². The summed E-state index contributed by atoms with van der Waals surface area (Å²) >= 11 is 0. The van der Waals surface area contributed by atoms with E-state index in [0.717, 1.165) is 33.8 Å². The average molecular weight is 625 g/mol. The number of hydrogen-bond acceptors (Lipinski definition) is 1. The van der Waals surface area contributed by atoms with Gasteiger partial charge in [-0.25, -0.2) is 4.98 Å². The first-order valence-electron chi connectivity index (χ1n) is 16.7. The fourth-order valence-electron chi connectivity index (χ4n) is 6.96. The first-order valence-corrected chi connectivity index (χ1v) is 16.7. The summed E-state index contributed by atoms with van der Waals surface area (Å²) in [6.07, 6.45) is 0. The molecule has 0 aliphatic heterocycles. The predicted molar refractivity (Wildman–Crippen MR) is 206 cm³/mol. The monoisotopic (exact) mass is 624 g/mol. The number of nitrogens with zero attached hydrogens (tertiary/aromatic N) is 2. The Hall–Kier alpha value is -6.51. The highest BCUT2D eigenvalue weighted by Gasteiger charge is 2.16. The van der Waals surface area contributed by atoms with E-state index in [9.17, 15) is 0 Å². The van der Waals surface area contributed by atoms with Gasteiger partial charge in [-0.3, -0.25) is 0 Å². The largest absolute Gasteiger partial charge is 0.309 e. The minimum absolute atomic E-state index is 0.945. The lowest BCUT2D eigenvalue weighted by Gasteiger charge is -2.13. The number of fused-ring (bicyclic) bond motifs is 3. The molecule has 0 unspecified atom stereocenters. The Morgan fingerprint density at radius 1 is 0.286 bits per heavy atom. The molecule has 0 bridgehead atoms. The minimum Gasteiger partial charge on any atom is -0.309 e. The predicted octanol–water partition coefficient (Wildman–Crippen LogP) is 12.5. The average Bonchev–Trinajstić information content (AvgIpc) is 3.52. The van der Waals surface area contributed by atoms with Crippen LogP contribution in [0.3, 0.4) is 0 Å². The van der Waals surface area contributed by atoms with Crippen molar-refractivity contribution in [3.63, 3.8) is 0 Å². The summed E-state index contributed by atoms with van der Waals surface area (Å²) < 4.78 is 2.40. The second-order valence-electron chi connectivity index (χ2n) is 12.4. The molecule has 0 N–H and O–H groups in total. The van der Waals surface area contributed by atoms with Gasteiger partial charge in [0.1, 0.15) is 0 Å². The smallest absolute Gasteiger partial charge is 0.0716 e. The fraction of sp³-hybridized carbons (Fsp3) is 0. The molecular formula is C47H32N2. The van der Waals surface area contributed by atoms with Gasteiger partial charge in [-0.2, -0.15) is 0 Å². The van der Waals surface area contributed by atoms with Crippen molar-refractivity contribution in [3.8, 4) is 61.6 Å². The van der Waals surface area contributed by atoms with E-state index < -0.39 is 0 Å². The highest BCUT2D eigenvalue weighted by molar-refractivity contribution is 6.11. The third-order valence-corrected chi connectivity index (χ3v) is 9.38. The zero-order valence-electron chi connectivity index (χ0n) is 26.9. The van der Waals surface area contributed by atoms with Crippen molar-refractivity contribution in [2.24, 2.45) is 0 Å². The second-order valence-corrected chi connectivity index (χ2v) is 12.4. The standard InChI is InChI=1S/C47H32N2/c1-5-14-33(15-6-1)37-24-26-46-42(29-37)43-30-38(34-16-7-2-8-17-34)25-27-47(43)49(46)41-23-13-22-39(28-41)45-32-40(35-18-9-3-10-19-35)31-44(48-45)36-20-11-4-12-21-36/h1-32H. The molecule has 0 aliphatic carbocycles. The Morgan fingerprint density at radius 2 is 0.714 bits per heavy atom. The number of hydrogen-bond donors (Lipinski definition) is 0. The Kier molecular flexibility index (Phi) is 7.18. The van der Waals surface area contributed by atoms with Crippen LogP contribution in [0.2, 0.25) is 0 Å². The van der Waals surface area contributed by atoms with Gasteiger partial charge in [0.25, 0.3) is 0 Å². The maximum atomic E-state index is 5.23. The molecule has 0 amide bonds. The molecule has 0 aliphatic rings. The maximum Gasteiger partial charge on any atom is 0.0716 e. The molecule has 0 spiro atoms. The minimum atomic E-state index is 0.945. The first kappa shape index (κ1) is 28.7. The van der Waals surface area contributed by atoms with Crippen molar-refractivity contribution in [2.45, 2.75) is 0 Å². The van der Waals surface area contributed by atoms with Crippen molar-refractivity contribution in [1.82, 2.24) is 9.55 Å². The second kappa shape index (κ2) is 12.3. The van der Waals surface area contributed by atoms with Gasteiger partial charge < -0.3 is 4.57 Å². The van der Waals surface area contributed by atoms with Crippen LogP contribution in [-0.4, -0.2) is 9.55 Å². The molecule has 49 heavy (non-hydrogen) atoms. The van der Waals surface area contributed by atoms with Crippen LogP contribution in [-0.2, 0) is 0 Å². The molecule has 0 saturated heterocycles. The summed E-state index contributed by atoms with van der Waals surface area (Å²) in [5, 5.41) is 2.46. The Bertz CT molecular complexity index is 2410. The molecule has 0 fully saturated rings. The molecule has 0 atom stereocenters.